The summed E-state index contributed by atoms with van der Waals surface area (Å²) in [6.07, 6.45) is 4.90. The van der Waals surface area contributed by atoms with Crippen LogP contribution in [0.15, 0.2) is 0 Å². The van der Waals surface area contributed by atoms with Gasteiger partial charge in [0.15, 0.2) is 0 Å². The van der Waals surface area contributed by atoms with Gasteiger partial charge in [0.2, 0.25) is 6.34 Å². The zero-order valence-electron chi connectivity index (χ0n) is 7.71. The highest BCUT2D eigenvalue weighted by Crippen LogP contribution is 1.95. The molecular weight excluding hydrogens is 136 g/mol. The van der Waals surface area contributed by atoms with E-state index >= 15 is 0 Å². The summed E-state index contributed by atoms with van der Waals surface area (Å²) in [6.45, 7) is 9.30. The zero-order valence-corrected chi connectivity index (χ0v) is 7.71. The number of hydrogen-bond acceptors (Lipinski definition) is 1. The van der Waals surface area contributed by atoms with E-state index in [1.54, 1.807) is 0 Å². The number of hydrogen-bond donors (Lipinski definition) is 0. The molecule has 1 aliphatic heterocycles. The first-order valence-corrected chi connectivity index (χ1v) is 4.70. The second-order valence-electron chi connectivity index (χ2n) is 3.13. The molecule has 1 aliphatic rings. The van der Waals surface area contributed by atoms with E-state index in [4.69, 9.17) is 0 Å². The van der Waals surface area contributed by atoms with E-state index in [-0.39, 0.29) is 0 Å². The van der Waals surface area contributed by atoms with E-state index in [0.717, 1.165) is 6.54 Å². The molecule has 1 heterocycles. The molecule has 0 saturated heterocycles. The largest absolute Gasteiger partial charge is 0.265 e. The van der Waals surface area contributed by atoms with Gasteiger partial charge >= 0.3 is 0 Å². The summed E-state index contributed by atoms with van der Waals surface area (Å²) in [6, 6.07) is 0. The summed E-state index contributed by atoms with van der Waals surface area (Å²) >= 11 is 0. The smallest absolute Gasteiger partial charge is 0.234 e. The third kappa shape index (κ3) is 2.52. The number of likely N-dealkylation sites (N-methyl/N-ethyl adjacent to an activating group) is 1. The molecule has 0 unspecified atom stereocenters. The van der Waals surface area contributed by atoms with Crippen molar-refractivity contribution in [2.75, 3.05) is 26.2 Å². The molecule has 0 aliphatic carbocycles. The Morgan fingerprint density at radius 3 is 2.82 bits per heavy atom. The zero-order chi connectivity index (χ0) is 8.10. The lowest BCUT2D eigenvalue weighted by Crippen LogP contribution is -2.18. The second kappa shape index (κ2) is 4.37. The normalized spacial score (nSPS) is 17.3. The molecule has 0 bridgehead atoms. The summed E-state index contributed by atoms with van der Waals surface area (Å²) in [7, 11) is 0. The van der Waals surface area contributed by atoms with Crippen molar-refractivity contribution < 1.29 is 4.58 Å². The van der Waals surface area contributed by atoms with E-state index in [9.17, 15) is 0 Å². The Bertz CT molecular complexity index is 140. The molecule has 1 rings (SSSR count). The van der Waals surface area contributed by atoms with Crippen molar-refractivity contribution in [1.29, 1.82) is 0 Å². The molecule has 0 N–H and O–H groups in total. The minimum absolute atomic E-state index is 1.16. The van der Waals surface area contributed by atoms with Crippen LogP contribution in [-0.2, 0) is 0 Å². The molecule has 11 heavy (non-hydrogen) atoms. The number of unbranched alkanes of at least 4 members (excludes halogenated alkanes) is 1. The van der Waals surface area contributed by atoms with Gasteiger partial charge in [-0.25, -0.2) is 0 Å². The molecule has 64 valence electrons. The molecule has 0 aromatic heterocycles. The monoisotopic (exact) mass is 155 g/mol. The fourth-order valence-electron chi connectivity index (χ4n) is 1.37. The molecule has 0 radical (unpaired) electrons. The summed E-state index contributed by atoms with van der Waals surface area (Å²) in [5.74, 6) is 0. The van der Waals surface area contributed by atoms with E-state index in [1.807, 2.05) is 0 Å². The van der Waals surface area contributed by atoms with Crippen LogP contribution in [0.5, 0.6) is 0 Å². The highest BCUT2D eigenvalue weighted by Gasteiger charge is 2.15. The van der Waals surface area contributed by atoms with Gasteiger partial charge in [0, 0.05) is 0 Å². The standard InChI is InChI=1S/C9H19N2/c1-3-5-6-11-8-7-10(4-2)9-11/h9H,3-8H2,1-2H3/q+1. The Hall–Kier alpha value is -0.530. The highest BCUT2D eigenvalue weighted by molar-refractivity contribution is 5.50. The minimum atomic E-state index is 1.16. The summed E-state index contributed by atoms with van der Waals surface area (Å²) in [5.41, 5.74) is 0. The summed E-state index contributed by atoms with van der Waals surface area (Å²) < 4.78 is 2.42. The van der Waals surface area contributed by atoms with Gasteiger partial charge in [-0.3, -0.25) is 9.48 Å². The lowest BCUT2D eigenvalue weighted by Gasteiger charge is -1.98. The van der Waals surface area contributed by atoms with Gasteiger partial charge in [0.1, 0.15) is 13.1 Å². The van der Waals surface area contributed by atoms with E-state index in [2.05, 4.69) is 29.7 Å². The quantitative estimate of drug-likeness (QED) is 0.552. The third-order valence-corrected chi connectivity index (χ3v) is 2.21. The maximum absolute atomic E-state index is 2.42. The van der Waals surface area contributed by atoms with Crippen LogP contribution >= 0.6 is 0 Å². The molecule has 0 amide bonds. The first-order chi connectivity index (χ1) is 5.36. The van der Waals surface area contributed by atoms with Crippen molar-refractivity contribution in [1.82, 2.24) is 4.90 Å². The topological polar surface area (TPSA) is 6.25 Å². The van der Waals surface area contributed by atoms with Crippen LogP contribution in [0.1, 0.15) is 26.7 Å². The van der Waals surface area contributed by atoms with Crippen LogP contribution in [0.25, 0.3) is 0 Å². The average Bonchev–Trinajstić information content (AvgIpc) is 2.48. The van der Waals surface area contributed by atoms with Crippen LogP contribution in [0.4, 0.5) is 0 Å². The fourth-order valence-corrected chi connectivity index (χ4v) is 1.37. The molecule has 2 nitrogen and oxygen atoms in total. The Morgan fingerprint density at radius 1 is 1.45 bits per heavy atom. The van der Waals surface area contributed by atoms with Gasteiger partial charge in [-0.2, -0.15) is 0 Å². The molecule has 0 aromatic rings. The predicted octanol–water partition coefficient (Wildman–Crippen LogP) is 1.16. The van der Waals surface area contributed by atoms with Gasteiger partial charge in [-0.15, -0.1) is 0 Å². The molecular formula is C9H19N2+. The van der Waals surface area contributed by atoms with Gasteiger partial charge in [0.25, 0.3) is 0 Å². The van der Waals surface area contributed by atoms with Gasteiger partial charge < -0.3 is 0 Å². The summed E-state index contributed by atoms with van der Waals surface area (Å²) in [5, 5.41) is 0. The second-order valence-corrected chi connectivity index (χ2v) is 3.13. The van der Waals surface area contributed by atoms with Crippen LogP contribution in [-0.4, -0.2) is 42.0 Å². The Kier molecular flexibility index (Phi) is 3.40. The van der Waals surface area contributed by atoms with E-state index in [1.165, 1.54) is 32.5 Å². The first kappa shape index (κ1) is 8.57. The SMILES string of the molecule is CCCC[N+]1=CN(CC)CC1. The molecule has 0 spiro atoms. The molecule has 0 fully saturated rings. The first-order valence-electron chi connectivity index (χ1n) is 4.70. The molecule has 0 aromatic carbocycles. The van der Waals surface area contributed by atoms with E-state index < -0.39 is 0 Å². The maximum atomic E-state index is 2.42. The van der Waals surface area contributed by atoms with Crippen molar-refractivity contribution in [3.63, 3.8) is 0 Å². The minimum Gasteiger partial charge on any atom is -0.265 e. The predicted molar refractivity (Wildman–Crippen MR) is 48.2 cm³/mol. The maximum Gasteiger partial charge on any atom is 0.234 e. The fraction of sp³-hybridized carbons (Fsp3) is 0.889. The van der Waals surface area contributed by atoms with Crippen LogP contribution in [0.3, 0.4) is 0 Å². The van der Waals surface area contributed by atoms with Gasteiger partial charge in [0.05, 0.1) is 13.1 Å². The van der Waals surface area contributed by atoms with Crippen LogP contribution in [0.2, 0.25) is 0 Å². The molecule has 2 heteroatoms. The number of rotatable bonds is 4. The van der Waals surface area contributed by atoms with Crippen molar-refractivity contribution in [3.05, 3.63) is 0 Å². The van der Waals surface area contributed by atoms with E-state index in [0.29, 0.717) is 0 Å². The Morgan fingerprint density at radius 2 is 2.27 bits per heavy atom. The van der Waals surface area contributed by atoms with Crippen molar-refractivity contribution in [3.8, 4) is 0 Å². The lowest BCUT2D eigenvalue weighted by atomic mass is 10.3. The number of nitrogens with zero attached hydrogens (tertiary/aromatic N) is 2. The Labute approximate surface area is 69.5 Å². The van der Waals surface area contributed by atoms with Crippen molar-refractivity contribution >= 4 is 6.34 Å². The summed E-state index contributed by atoms with van der Waals surface area (Å²) in [4.78, 5) is 2.37. The van der Waals surface area contributed by atoms with Gasteiger partial charge in [-0.1, -0.05) is 13.3 Å². The Balaban J connectivity index is 2.24. The van der Waals surface area contributed by atoms with Crippen LogP contribution < -0.4 is 0 Å². The third-order valence-electron chi connectivity index (χ3n) is 2.21. The van der Waals surface area contributed by atoms with Crippen molar-refractivity contribution in [2.45, 2.75) is 26.7 Å². The molecule has 0 saturated carbocycles. The highest BCUT2D eigenvalue weighted by atomic mass is 15.3. The lowest BCUT2D eigenvalue weighted by molar-refractivity contribution is -0.514. The molecule has 0 atom stereocenters. The van der Waals surface area contributed by atoms with Gasteiger partial charge in [-0.05, 0) is 13.3 Å². The average molecular weight is 155 g/mol. The van der Waals surface area contributed by atoms with Crippen molar-refractivity contribution in [2.24, 2.45) is 0 Å². The van der Waals surface area contributed by atoms with Crippen LogP contribution in [0, 0.1) is 0 Å².